The Hall–Kier alpha value is -3.09. The minimum atomic E-state index is -0.687. The summed E-state index contributed by atoms with van der Waals surface area (Å²) in [5.41, 5.74) is 0.826. The molecule has 6 nitrogen and oxygen atoms in total. The van der Waals surface area contributed by atoms with Gasteiger partial charge in [0.05, 0.1) is 5.56 Å². The Morgan fingerprint density at radius 2 is 1.67 bits per heavy atom. The number of halogens is 1. The number of anilines is 1. The third kappa shape index (κ3) is 5.72. The van der Waals surface area contributed by atoms with E-state index >= 15 is 0 Å². The fourth-order valence-corrected chi connectivity index (χ4v) is 3.16. The molecule has 7 heteroatoms. The zero-order valence-electron chi connectivity index (χ0n) is 17.6. The molecule has 30 heavy (non-hydrogen) atoms. The molecule has 2 aromatic carbocycles. The molecule has 0 aliphatic carbocycles. The van der Waals surface area contributed by atoms with Crippen LogP contribution in [0.15, 0.2) is 48.5 Å². The monoisotopic (exact) mass is 414 g/mol. The fourth-order valence-electron chi connectivity index (χ4n) is 3.16. The lowest BCUT2D eigenvalue weighted by atomic mass is 10.1. The lowest BCUT2D eigenvalue weighted by Crippen LogP contribution is -2.49. The zero-order valence-corrected chi connectivity index (χ0v) is 17.6. The summed E-state index contributed by atoms with van der Waals surface area (Å²) in [6.07, 6.45) is -0.357. The highest BCUT2D eigenvalue weighted by atomic mass is 19.1. The van der Waals surface area contributed by atoms with E-state index in [9.17, 15) is 14.0 Å². The van der Waals surface area contributed by atoms with Crippen LogP contribution in [0, 0.1) is 5.82 Å². The van der Waals surface area contributed by atoms with E-state index in [1.807, 2.05) is 35.2 Å². The second-order valence-corrected chi connectivity index (χ2v) is 8.18. The van der Waals surface area contributed by atoms with Crippen molar-refractivity contribution in [2.45, 2.75) is 33.0 Å². The minimum absolute atomic E-state index is 0.0863. The number of ether oxygens (including phenoxy) is 2. The standard InChI is InChI=1S/C23H27FN2O4/c1-23(2,3)30-21(27)19-10-9-18(15-20(19)24)25-11-13-26(14-12-25)22(28)29-16-17-7-5-4-6-8-17/h4-10,15H,11-14,16H2,1-3H3. The maximum atomic E-state index is 14.5. The molecule has 1 aliphatic heterocycles. The highest BCUT2D eigenvalue weighted by Gasteiger charge is 2.25. The van der Waals surface area contributed by atoms with Gasteiger partial charge >= 0.3 is 12.1 Å². The Balaban J connectivity index is 1.54. The molecule has 1 aliphatic rings. The van der Waals surface area contributed by atoms with E-state index in [1.165, 1.54) is 12.1 Å². The summed E-state index contributed by atoms with van der Waals surface area (Å²) in [7, 11) is 0. The molecule has 0 N–H and O–H groups in total. The van der Waals surface area contributed by atoms with E-state index in [-0.39, 0.29) is 18.3 Å². The van der Waals surface area contributed by atoms with Gasteiger partial charge < -0.3 is 19.3 Å². The van der Waals surface area contributed by atoms with Crippen LogP contribution in [-0.4, -0.2) is 48.7 Å². The second-order valence-electron chi connectivity index (χ2n) is 8.18. The zero-order chi connectivity index (χ0) is 21.7. The van der Waals surface area contributed by atoms with Crippen molar-refractivity contribution in [3.63, 3.8) is 0 Å². The number of benzene rings is 2. The Morgan fingerprint density at radius 3 is 2.27 bits per heavy atom. The van der Waals surface area contributed by atoms with Gasteiger partial charge in [-0.3, -0.25) is 0 Å². The summed E-state index contributed by atoms with van der Waals surface area (Å²) in [6, 6.07) is 14.0. The van der Waals surface area contributed by atoms with Crippen molar-refractivity contribution in [3.8, 4) is 0 Å². The van der Waals surface area contributed by atoms with Crippen LogP contribution in [0.2, 0.25) is 0 Å². The number of carbonyl (C=O) groups excluding carboxylic acids is 2. The molecule has 0 atom stereocenters. The topological polar surface area (TPSA) is 59.1 Å². The first-order valence-electron chi connectivity index (χ1n) is 9.96. The summed E-state index contributed by atoms with van der Waals surface area (Å²) in [5, 5.41) is 0. The number of nitrogens with zero attached hydrogens (tertiary/aromatic N) is 2. The van der Waals surface area contributed by atoms with Crippen molar-refractivity contribution < 1.29 is 23.5 Å². The maximum Gasteiger partial charge on any atom is 0.410 e. The van der Waals surface area contributed by atoms with Crippen LogP contribution in [0.1, 0.15) is 36.7 Å². The van der Waals surface area contributed by atoms with Gasteiger partial charge in [-0.1, -0.05) is 30.3 Å². The summed E-state index contributed by atoms with van der Waals surface area (Å²) in [4.78, 5) is 28.0. The molecule has 1 saturated heterocycles. The number of carbonyl (C=O) groups is 2. The van der Waals surface area contributed by atoms with Crippen LogP contribution >= 0.6 is 0 Å². The van der Waals surface area contributed by atoms with Crippen LogP contribution in [0.25, 0.3) is 0 Å². The first-order chi connectivity index (χ1) is 14.2. The van der Waals surface area contributed by atoms with E-state index in [1.54, 1.807) is 31.7 Å². The Morgan fingerprint density at radius 1 is 1.00 bits per heavy atom. The van der Waals surface area contributed by atoms with Crippen molar-refractivity contribution in [3.05, 3.63) is 65.5 Å². The van der Waals surface area contributed by atoms with Gasteiger partial charge in [-0.25, -0.2) is 14.0 Å². The summed E-state index contributed by atoms with van der Waals surface area (Å²) in [6.45, 7) is 7.49. The molecule has 0 radical (unpaired) electrons. The molecule has 1 fully saturated rings. The van der Waals surface area contributed by atoms with Gasteiger partial charge in [-0.05, 0) is 44.5 Å². The minimum Gasteiger partial charge on any atom is -0.456 e. The lowest BCUT2D eigenvalue weighted by Gasteiger charge is -2.35. The molecule has 0 saturated carbocycles. The quantitative estimate of drug-likeness (QED) is 0.701. The number of piperazine rings is 1. The van der Waals surface area contributed by atoms with Gasteiger partial charge in [0, 0.05) is 31.9 Å². The molecule has 3 rings (SSSR count). The van der Waals surface area contributed by atoms with Crippen molar-refractivity contribution in [1.29, 1.82) is 0 Å². The Bertz CT molecular complexity index is 888. The van der Waals surface area contributed by atoms with E-state index in [4.69, 9.17) is 9.47 Å². The molecule has 0 aromatic heterocycles. The number of rotatable bonds is 4. The van der Waals surface area contributed by atoms with Gasteiger partial charge in [-0.15, -0.1) is 0 Å². The number of esters is 1. The van der Waals surface area contributed by atoms with E-state index in [0.29, 0.717) is 31.9 Å². The van der Waals surface area contributed by atoms with E-state index in [0.717, 1.165) is 5.56 Å². The average molecular weight is 414 g/mol. The first-order valence-corrected chi connectivity index (χ1v) is 9.96. The Labute approximate surface area is 176 Å². The number of amides is 1. The van der Waals surface area contributed by atoms with Crippen LogP contribution in [0.3, 0.4) is 0 Å². The SMILES string of the molecule is CC(C)(C)OC(=O)c1ccc(N2CCN(C(=O)OCc3ccccc3)CC2)cc1F. The predicted molar refractivity (Wildman–Crippen MR) is 112 cm³/mol. The summed E-state index contributed by atoms with van der Waals surface area (Å²) >= 11 is 0. The summed E-state index contributed by atoms with van der Waals surface area (Å²) in [5.74, 6) is -1.30. The van der Waals surface area contributed by atoms with Crippen LogP contribution in [0.4, 0.5) is 14.9 Å². The molecule has 160 valence electrons. The normalized spacial score (nSPS) is 14.4. The average Bonchev–Trinajstić information content (AvgIpc) is 2.71. The van der Waals surface area contributed by atoms with Gasteiger partial charge in [0.15, 0.2) is 0 Å². The number of hydrogen-bond donors (Lipinski definition) is 0. The van der Waals surface area contributed by atoms with Crippen LogP contribution in [0.5, 0.6) is 0 Å². The van der Waals surface area contributed by atoms with Crippen molar-refractivity contribution >= 4 is 17.7 Å². The molecule has 1 heterocycles. The van der Waals surface area contributed by atoms with E-state index < -0.39 is 17.4 Å². The van der Waals surface area contributed by atoms with Crippen molar-refractivity contribution in [2.75, 3.05) is 31.1 Å². The fraction of sp³-hybridized carbons (Fsp3) is 0.391. The Kier molecular flexibility index (Phi) is 6.59. The predicted octanol–water partition coefficient (Wildman–Crippen LogP) is 4.24. The molecule has 0 bridgehead atoms. The molecule has 0 spiro atoms. The second kappa shape index (κ2) is 9.15. The molecular weight excluding hydrogens is 387 g/mol. The summed E-state index contributed by atoms with van der Waals surface area (Å²) < 4.78 is 25.1. The highest BCUT2D eigenvalue weighted by Crippen LogP contribution is 2.22. The van der Waals surface area contributed by atoms with Crippen LogP contribution < -0.4 is 4.90 Å². The molecular formula is C23H27FN2O4. The van der Waals surface area contributed by atoms with Crippen molar-refractivity contribution in [1.82, 2.24) is 4.90 Å². The third-order valence-electron chi connectivity index (χ3n) is 4.68. The first kappa shape index (κ1) is 21.6. The third-order valence-corrected chi connectivity index (χ3v) is 4.68. The van der Waals surface area contributed by atoms with Gasteiger partial charge in [0.1, 0.15) is 18.0 Å². The molecule has 0 unspecified atom stereocenters. The molecule has 2 aromatic rings. The van der Waals surface area contributed by atoms with Gasteiger partial charge in [-0.2, -0.15) is 0 Å². The number of hydrogen-bond acceptors (Lipinski definition) is 5. The largest absolute Gasteiger partial charge is 0.456 e. The highest BCUT2D eigenvalue weighted by molar-refractivity contribution is 5.90. The van der Waals surface area contributed by atoms with Gasteiger partial charge in [0.25, 0.3) is 0 Å². The smallest absolute Gasteiger partial charge is 0.410 e. The van der Waals surface area contributed by atoms with Crippen molar-refractivity contribution in [2.24, 2.45) is 0 Å². The maximum absolute atomic E-state index is 14.5. The van der Waals surface area contributed by atoms with Crippen LogP contribution in [-0.2, 0) is 16.1 Å². The molecule has 1 amide bonds. The lowest BCUT2D eigenvalue weighted by molar-refractivity contribution is 0.00646. The van der Waals surface area contributed by atoms with E-state index in [2.05, 4.69) is 0 Å². The van der Waals surface area contributed by atoms with Gasteiger partial charge in [0.2, 0.25) is 0 Å².